The van der Waals surface area contributed by atoms with Gasteiger partial charge in [0.05, 0.1) is 0 Å². The van der Waals surface area contributed by atoms with Crippen molar-refractivity contribution in [3.63, 3.8) is 0 Å². The lowest BCUT2D eigenvalue weighted by atomic mass is 10.8. The summed E-state index contributed by atoms with van der Waals surface area (Å²) in [6.07, 6.45) is 1.36. The van der Waals surface area contributed by atoms with Crippen LogP contribution >= 0.6 is 22.6 Å². The van der Waals surface area contributed by atoms with Crippen LogP contribution in [0.15, 0.2) is 6.33 Å². The van der Waals surface area contributed by atoms with Gasteiger partial charge in [-0.1, -0.05) is 0 Å². The van der Waals surface area contributed by atoms with E-state index in [9.17, 15) is 0 Å². The van der Waals surface area contributed by atoms with Crippen molar-refractivity contribution >= 4 is 28.4 Å². The second-order valence-corrected chi connectivity index (χ2v) is 2.16. The Kier molecular flexibility index (Phi) is 1.56. The molecule has 1 rings (SSSR count). The Morgan fingerprint density at radius 2 is 2.38 bits per heavy atom. The maximum atomic E-state index is 5.28. The van der Waals surface area contributed by atoms with Crippen LogP contribution in [0.3, 0.4) is 0 Å². The van der Waals surface area contributed by atoms with Crippen LogP contribution in [-0.2, 0) is 0 Å². The number of nitrogens with two attached hydrogens (primary N) is 1. The van der Waals surface area contributed by atoms with Crippen molar-refractivity contribution in [1.82, 2.24) is 15.2 Å². The standard InChI is InChI=1S/C3H3IN4/c4-2-3(5)8-7-1-6-2/h1H,(H2,5,8). The molecule has 5 heteroatoms. The van der Waals surface area contributed by atoms with Crippen LogP contribution < -0.4 is 5.73 Å². The van der Waals surface area contributed by atoms with E-state index < -0.39 is 0 Å². The highest BCUT2D eigenvalue weighted by Crippen LogP contribution is 2.02. The van der Waals surface area contributed by atoms with Crippen LogP contribution in [0, 0.1) is 3.70 Å². The highest BCUT2D eigenvalue weighted by molar-refractivity contribution is 14.1. The molecule has 0 fully saturated rings. The van der Waals surface area contributed by atoms with Gasteiger partial charge in [-0.3, -0.25) is 0 Å². The highest BCUT2D eigenvalue weighted by atomic mass is 127. The molecule has 0 spiro atoms. The number of halogens is 1. The third-order valence-corrected chi connectivity index (χ3v) is 1.43. The number of anilines is 1. The third kappa shape index (κ3) is 1.03. The Labute approximate surface area is 59.7 Å². The van der Waals surface area contributed by atoms with Gasteiger partial charge in [0.15, 0.2) is 5.82 Å². The zero-order valence-electron chi connectivity index (χ0n) is 3.87. The Hall–Kier alpha value is -0.460. The molecule has 8 heavy (non-hydrogen) atoms. The summed E-state index contributed by atoms with van der Waals surface area (Å²) in [7, 11) is 0. The molecule has 0 saturated carbocycles. The molecule has 0 radical (unpaired) electrons. The molecule has 4 nitrogen and oxygen atoms in total. The Morgan fingerprint density at radius 1 is 1.62 bits per heavy atom. The van der Waals surface area contributed by atoms with Gasteiger partial charge in [-0.2, -0.15) is 0 Å². The molecule has 0 atom stereocenters. The van der Waals surface area contributed by atoms with Crippen LogP contribution in [0.2, 0.25) is 0 Å². The largest absolute Gasteiger partial charge is 0.380 e. The third-order valence-electron chi connectivity index (χ3n) is 0.600. The average Bonchev–Trinajstić information content (AvgIpc) is 1.77. The van der Waals surface area contributed by atoms with Gasteiger partial charge in [0.25, 0.3) is 0 Å². The number of nitrogens with zero attached hydrogens (tertiary/aromatic N) is 3. The van der Waals surface area contributed by atoms with Crippen LogP contribution in [0.25, 0.3) is 0 Å². The zero-order chi connectivity index (χ0) is 5.98. The summed E-state index contributed by atoms with van der Waals surface area (Å²) in [6.45, 7) is 0. The maximum absolute atomic E-state index is 5.28. The first-order valence-electron chi connectivity index (χ1n) is 1.89. The number of aromatic nitrogens is 3. The molecule has 0 saturated heterocycles. The second-order valence-electron chi connectivity index (χ2n) is 1.14. The Morgan fingerprint density at radius 3 is 2.75 bits per heavy atom. The van der Waals surface area contributed by atoms with Crippen molar-refractivity contribution in [2.45, 2.75) is 0 Å². The molecule has 0 bridgehead atoms. The minimum atomic E-state index is 0.383. The van der Waals surface area contributed by atoms with Crippen molar-refractivity contribution in [2.75, 3.05) is 5.73 Å². The van der Waals surface area contributed by atoms with Gasteiger partial charge in [0.2, 0.25) is 0 Å². The van der Waals surface area contributed by atoms with Gasteiger partial charge in [-0.05, 0) is 22.6 Å². The van der Waals surface area contributed by atoms with E-state index in [2.05, 4.69) is 15.2 Å². The first-order valence-corrected chi connectivity index (χ1v) is 2.97. The molecular weight excluding hydrogens is 219 g/mol. The van der Waals surface area contributed by atoms with E-state index in [-0.39, 0.29) is 0 Å². The van der Waals surface area contributed by atoms with Gasteiger partial charge in [0, 0.05) is 0 Å². The van der Waals surface area contributed by atoms with E-state index in [0.717, 1.165) is 0 Å². The molecule has 0 amide bonds. The second kappa shape index (κ2) is 2.21. The first kappa shape index (κ1) is 5.67. The maximum Gasteiger partial charge on any atom is 0.178 e. The topological polar surface area (TPSA) is 64.7 Å². The molecule has 0 aromatic carbocycles. The van der Waals surface area contributed by atoms with Crippen LogP contribution in [0.4, 0.5) is 5.82 Å². The predicted molar refractivity (Wildman–Crippen MR) is 37.0 cm³/mol. The lowest BCUT2D eigenvalue weighted by Crippen LogP contribution is -1.97. The summed E-state index contributed by atoms with van der Waals surface area (Å²) in [6, 6.07) is 0. The number of rotatable bonds is 0. The molecule has 0 unspecified atom stereocenters. The van der Waals surface area contributed by atoms with Gasteiger partial charge in [0.1, 0.15) is 10.0 Å². The smallest absolute Gasteiger partial charge is 0.178 e. The van der Waals surface area contributed by atoms with Gasteiger partial charge in [-0.15, -0.1) is 10.2 Å². The van der Waals surface area contributed by atoms with Crippen molar-refractivity contribution in [3.05, 3.63) is 10.0 Å². The summed E-state index contributed by atoms with van der Waals surface area (Å²) in [5.41, 5.74) is 5.28. The fraction of sp³-hybridized carbons (Fsp3) is 0. The summed E-state index contributed by atoms with van der Waals surface area (Å²) in [5, 5.41) is 6.99. The van der Waals surface area contributed by atoms with Crippen LogP contribution in [0.1, 0.15) is 0 Å². The molecular formula is C3H3IN4. The van der Waals surface area contributed by atoms with Gasteiger partial charge in [-0.25, -0.2) is 4.98 Å². The number of nitrogen functional groups attached to an aromatic ring is 1. The van der Waals surface area contributed by atoms with Crippen LogP contribution in [-0.4, -0.2) is 15.2 Å². The summed E-state index contributed by atoms with van der Waals surface area (Å²) < 4.78 is 0.692. The minimum absolute atomic E-state index is 0.383. The van der Waals surface area contributed by atoms with E-state index in [4.69, 9.17) is 5.73 Å². The fourth-order valence-electron chi connectivity index (χ4n) is 0.272. The average molecular weight is 222 g/mol. The SMILES string of the molecule is Nc1nncnc1I. The molecule has 1 aromatic heterocycles. The highest BCUT2D eigenvalue weighted by Gasteiger charge is 1.91. The monoisotopic (exact) mass is 222 g/mol. The van der Waals surface area contributed by atoms with Gasteiger partial charge >= 0.3 is 0 Å². The summed E-state index contributed by atoms with van der Waals surface area (Å²) >= 11 is 1.99. The number of hydrogen-bond donors (Lipinski definition) is 1. The lowest BCUT2D eigenvalue weighted by Gasteiger charge is -1.88. The molecule has 0 aliphatic rings. The first-order chi connectivity index (χ1) is 3.80. The zero-order valence-corrected chi connectivity index (χ0v) is 6.03. The van der Waals surface area contributed by atoms with Gasteiger partial charge < -0.3 is 5.73 Å². The molecule has 0 aliphatic heterocycles. The fourth-order valence-corrected chi connectivity index (χ4v) is 0.504. The van der Waals surface area contributed by atoms with Crippen molar-refractivity contribution < 1.29 is 0 Å². The van der Waals surface area contributed by atoms with Crippen molar-refractivity contribution in [1.29, 1.82) is 0 Å². The molecule has 0 aliphatic carbocycles. The quantitative estimate of drug-likeness (QED) is 0.630. The van der Waals surface area contributed by atoms with E-state index in [1.165, 1.54) is 6.33 Å². The number of hydrogen-bond acceptors (Lipinski definition) is 4. The Bertz CT molecular complexity index is 167. The van der Waals surface area contributed by atoms with Crippen molar-refractivity contribution in [2.24, 2.45) is 0 Å². The summed E-state index contributed by atoms with van der Waals surface area (Å²) in [5.74, 6) is 0.383. The van der Waals surface area contributed by atoms with E-state index in [1.54, 1.807) is 0 Å². The molecule has 2 N–H and O–H groups in total. The van der Waals surface area contributed by atoms with E-state index >= 15 is 0 Å². The summed E-state index contributed by atoms with van der Waals surface area (Å²) in [4.78, 5) is 3.77. The molecule has 1 heterocycles. The predicted octanol–water partition coefficient (Wildman–Crippen LogP) is 0.0584. The van der Waals surface area contributed by atoms with E-state index in [0.29, 0.717) is 9.52 Å². The molecule has 1 aromatic rings. The van der Waals surface area contributed by atoms with Crippen molar-refractivity contribution in [3.8, 4) is 0 Å². The minimum Gasteiger partial charge on any atom is -0.380 e. The Balaban J connectivity index is 3.13. The van der Waals surface area contributed by atoms with Crippen LogP contribution in [0.5, 0.6) is 0 Å². The molecule has 42 valence electrons. The van der Waals surface area contributed by atoms with E-state index in [1.807, 2.05) is 22.6 Å². The lowest BCUT2D eigenvalue weighted by molar-refractivity contribution is 0.964. The normalized spacial score (nSPS) is 9.12.